The average Bonchev–Trinajstić information content (AvgIpc) is 3.26. The smallest absolute Gasteiger partial charge is 0.356 e. The van der Waals surface area contributed by atoms with Crippen molar-refractivity contribution in [3.8, 4) is 11.4 Å². The van der Waals surface area contributed by atoms with E-state index in [0.717, 1.165) is 24.9 Å². The van der Waals surface area contributed by atoms with Crippen LogP contribution in [0.5, 0.6) is 5.75 Å². The Morgan fingerprint density at radius 3 is 2.65 bits per heavy atom. The quantitative estimate of drug-likeness (QED) is 0.590. The lowest BCUT2D eigenvalue weighted by Gasteiger charge is -2.30. The van der Waals surface area contributed by atoms with Crippen LogP contribution in [0.1, 0.15) is 42.4 Å². The Morgan fingerprint density at radius 1 is 1.18 bits per heavy atom. The second-order valence-electron chi connectivity index (χ2n) is 8.58. The minimum absolute atomic E-state index is 0.119. The fourth-order valence-corrected chi connectivity index (χ4v) is 6.13. The average molecular weight is 483 g/mol. The number of rotatable bonds is 5. The van der Waals surface area contributed by atoms with Crippen molar-refractivity contribution in [3.05, 3.63) is 59.9 Å². The Morgan fingerprint density at radius 2 is 1.94 bits per heavy atom. The first-order valence-corrected chi connectivity index (χ1v) is 12.7. The van der Waals surface area contributed by atoms with Gasteiger partial charge in [0.15, 0.2) is 5.69 Å². The second kappa shape index (κ2) is 8.44. The first-order valence-electron chi connectivity index (χ1n) is 11.3. The van der Waals surface area contributed by atoms with Crippen molar-refractivity contribution < 1.29 is 23.1 Å². The highest BCUT2D eigenvalue weighted by Gasteiger charge is 2.38. The summed E-state index contributed by atoms with van der Waals surface area (Å²) in [6, 6.07) is 14.2. The first-order chi connectivity index (χ1) is 16.3. The molecule has 9 nitrogen and oxygen atoms in total. The zero-order valence-corrected chi connectivity index (χ0v) is 19.8. The third kappa shape index (κ3) is 3.63. The molecule has 0 saturated carbocycles. The van der Waals surface area contributed by atoms with E-state index in [0.29, 0.717) is 29.4 Å². The number of carbonyl (C=O) groups is 1. The number of unbranched alkanes of at least 4 members (excludes halogenated alkanes) is 1. The molecule has 0 amide bonds. The summed E-state index contributed by atoms with van der Waals surface area (Å²) >= 11 is 0. The fraction of sp³-hybridized carbons (Fsp3) is 0.333. The van der Waals surface area contributed by atoms with Crippen LogP contribution in [0.2, 0.25) is 0 Å². The zero-order valence-electron chi connectivity index (χ0n) is 19.0. The highest BCUT2D eigenvalue weighted by molar-refractivity contribution is 7.89. The molecule has 1 N–H and O–H groups in total. The Kier molecular flexibility index (Phi) is 5.57. The molecule has 3 aromatic rings. The molecule has 178 valence electrons. The Labute approximate surface area is 198 Å². The van der Waals surface area contributed by atoms with Crippen molar-refractivity contribution in [3.63, 3.8) is 0 Å². The van der Waals surface area contributed by atoms with Crippen LogP contribution in [0.3, 0.4) is 0 Å². The van der Waals surface area contributed by atoms with Crippen molar-refractivity contribution >= 4 is 27.4 Å². The number of nitrogens with zero attached hydrogens (tertiary/aromatic N) is 4. The monoisotopic (exact) mass is 482 g/mol. The number of ether oxygens (including phenoxy) is 1. The van der Waals surface area contributed by atoms with E-state index < -0.39 is 16.0 Å². The fourth-order valence-electron chi connectivity index (χ4n) is 4.57. The third-order valence-electron chi connectivity index (χ3n) is 6.46. The van der Waals surface area contributed by atoms with Crippen molar-refractivity contribution in [1.82, 2.24) is 14.1 Å². The van der Waals surface area contributed by atoms with E-state index in [9.17, 15) is 18.3 Å². The minimum atomic E-state index is -3.84. The first kappa shape index (κ1) is 22.4. The molecule has 2 aliphatic rings. The van der Waals surface area contributed by atoms with Gasteiger partial charge in [0.2, 0.25) is 10.0 Å². The molecule has 1 unspecified atom stereocenters. The number of fused-ring (bicyclic) bond motifs is 4. The summed E-state index contributed by atoms with van der Waals surface area (Å²) in [4.78, 5) is 13.6. The molecule has 34 heavy (non-hydrogen) atoms. The van der Waals surface area contributed by atoms with Gasteiger partial charge in [0.05, 0.1) is 11.4 Å². The minimum Gasteiger partial charge on any atom is -0.485 e. The van der Waals surface area contributed by atoms with Crippen LogP contribution < -0.4 is 9.64 Å². The lowest BCUT2D eigenvalue weighted by Crippen LogP contribution is -2.40. The summed E-state index contributed by atoms with van der Waals surface area (Å²) in [5, 5.41) is 13.5. The van der Waals surface area contributed by atoms with Crippen LogP contribution in [-0.4, -0.2) is 53.2 Å². The van der Waals surface area contributed by atoms with E-state index in [4.69, 9.17) is 4.74 Å². The van der Waals surface area contributed by atoms with Gasteiger partial charge in [-0.05, 0) is 30.7 Å². The molecule has 3 heterocycles. The summed E-state index contributed by atoms with van der Waals surface area (Å²) in [6.45, 7) is 2.73. The van der Waals surface area contributed by atoms with Gasteiger partial charge in [-0.1, -0.05) is 38.0 Å². The Balaban J connectivity index is 1.72. The summed E-state index contributed by atoms with van der Waals surface area (Å²) < 4.78 is 36.5. The Bertz CT molecular complexity index is 1350. The number of hydrogen-bond donors (Lipinski definition) is 1. The highest BCUT2D eigenvalue weighted by atomic mass is 32.2. The highest BCUT2D eigenvalue weighted by Crippen LogP contribution is 2.43. The molecule has 1 atom stereocenters. The van der Waals surface area contributed by atoms with Gasteiger partial charge in [0.25, 0.3) is 0 Å². The number of aromatic nitrogens is 2. The van der Waals surface area contributed by atoms with E-state index >= 15 is 0 Å². The molecule has 0 radical (unpaired) electrons. The molecule has 0 spiro atoms. The van der Waals surface area contributed by atoms with Crippen LogP contribution in [0, 0.1) is 0 Å². The summed E-state index contributed by atoms with van der Waals surface area (Å²) in [5.41, 5.74) is 2.26. The van der Waals surface area contributed by atoms with Crippen molar-refractivity contribution in [2.45, 2.75) is 43.7 Å². The number of carboxylic acid groups (broad SMARTS) is 1. The van der Waals surface area contributed by atoms with Crippen molar-refractivity contribution in [2.24, 2.45) is 0 Å². The van der Waals surface area contributed by atoms with Gasteiger partial charge < -0.3 is 14.7 Å². The second-order valence-corrected chi connectivity index (χ2v) is 10.5. The number of anilines is 2. The molecular formula is C24H26N4O5S. The summed E-state index contributed by atoms with van der Waals surface area (Å²) in [6.07, 6.45) is 2.63. The number of sulfonamides is 1. The molecule has 0 saturated heterocycles. The van der Waals surface area contributed by atoms with Crippen LogP contribution in [0.25, 0.3) is 5.69 Å². The maximum Gasteiger partial charge on any atom is 0.356 e. The van der Waals surface area contributed by atoms with E-state index in [-0.39, 0.29) is 23.2 Å². The molecule has 5 rings (SSSR count). The van der Waals surface area contributed by atoms with Gasteiger partial charge in [-0.25, -0.2) is 17.9 Å². The standard InChI is InChI=1S/C24H26N4O5S/c1-3-4-8-17-14-27(16-9-6-5-7-10-16)21-12-22-20(13-23(21)34(31,32)26(17)2)28-18(15-33-22)11-19(25-28)24(29)30/h5-7,9-13,17H,3-4,8,14-15H2,1-2H3,(H,29,30). The number of hydrogen-bond acceptors (Lipinski definition) is 6. The maximum absolute atomic E-state index is 13.8. The SMILES string of the molecule is CCCCC1CN(c2ccccc2)c2cc3c(cc2S(=O)(=O)N1C)-n1nc(C(=O)O)cc1CO3. The predicted molar refractivity (Wildman–Crippen MR) is 127 cm³/mol. The summed E-state index contributed by atoms with van der Waals surface area (Å²) in [5.74, 6) is -0.698. The van der Waals surface area contributed by atoms with Gasteiger partial charge in [-0.3, -0.25) is 0 Å². The van der Waals surface area contributed by atoms with E-state index in [1.165, 1.54) is 15.1 Å². The van der Waals surface area contributed by atoms with E-state index in [1.807, 2.05) is 35.2 Å². The maximum atomic E-state index is 13.8. The number of likely N-dealkylation sites (N-methyl/N-ethyl adjacent to an activating group) is 1. The number of benzene rings is 2. The zero-order chi connectivity index (χ0) is 24.0. The van der Waals surface area contributed by atoms with Gasteiger partial charge in [-0.2, -0.15) is 9.40 Å². The van der Waals surface area contributed by atoms with E-state index in [2.05, 4.69) is 12.0 Å². The number of para-hydroxylation sites is 1. The summed E-state index contributed by atoms with van der Waals surface area (Å²) in [7, 11) is -2.21. The molecule has 2 aliphatic heterocycles. The van der Waals surface area contributed by atoms with Crippen LogP contribution in [0.4, 0.5) is 11.4 Å². The molecule has 0 aliphatic carbocycles. The number of carboxylic acids is 1. The van der Waals surface area contributed by atoms with E-state index in [1.54, 1.807) is 19.2 Å². The third-order valence-corrected chi connectivity index (χ3v) is 8.40. The van der Waals surface area contributed by atoms with Gasteiger partial charge in [0.1, 0.15) is 22.9 Å². The van der Waals surface area contributed by atoms with Crippen molar-refractivity contribution in [1.29, 1.82) is 0 Å². The topological polar surface area (TPSA) is 105 Å². The largest absolute Gasteiger partial charge is 0.485 e. The van der Waals surface area contributed by atoms with Gasteiger partial charge in [0, 0.05) is 31.4 Å². The van der Waals surface area contributed by atoms with Crippen molar-refractivity contribution in [2.75, 3.05) is 18.5 Å². The van der Waals surface area contributed by atoms with Gasteiger partial charge >= 0.3 is 5.97 Å². The molecule has 10 heteroatoms. The predicted octanol–water partition coefficient (Wildman–Crippen LogP) is 3.79. The van der Waals surface area contributed by atoms with Gasteiger partial charge in [-0.15, -0.1) is 0 Å². The van der Waals surface area contributed by atoms with Crippen LogP contribution in [-0.2, 0) is 16.6 Å². The molecular weight excluding hydrogens is 456 g/mol. The lowest BCUT2D eigenvalue weighted by atomic mass is 10.1. The lowest BCUT2D eigenvalue weighted by molar-refractivity contribution is 0.0690. The van der Waals surface area contributed by atoms with Crippen LogP contribution >= 0.6 is 0 Å². The normalized spacial score (nSPS) is 18.9. The molecule has 0 fully saturated rings. The Hall–Kier alpha value is -3.37. The number of aromatic carboxylic acids is 1. The molecule has 2 aromatic carbocycles. The van der Waals surface area contributed by atoms with Crippen LogP contribution in [0.15, 0.2) is 53.4 Å². The molecule has 0 bridgehead atoms. The molecule has 1 aromatic heterocycles.